The van der Waals surface area contributed by atoms with Gasteiger partial charge in [-0.3, -0.25) is 24.3 Å². The monoisotopic (exact) mass is 673 g/mol. The molecule has 1 aromatic heterocycles. The Bertz CT molecular complexity index is 1970. The average Bonchev–Trinajstić information content (AvgIpc) is 3.56. The Labute approximate surface area is 289 Å². The van der Waals surface area contributed by atoms with Crippen LogP contribution in [-0.4, -0.2) is 84.8 Å². The summed E-state index contributed by atoms with van der Waals surface area (Å²) >= 11 is 0. The van der Waals surface area contributed by atoms with Crippen LogP contribution in [0.3, 0.4) is 0 Å². The van der Waals surface area contributed by atoms with E-state index in [0.717, 1.165) is 16.7 Å². The van der Waals surface area contributed by atoms with Gasteiger partial charge in [0, 0.05) is 49.5 Å². The summed E-state index contributed by atoms with van der Waals surface area (Å²) in [6.45, 7) is 3.06. The van der Waals surface area contributed by atoms with E-state index in [1.807, 2.05) is 49.4 Å². The number of carbonyl (C=O) groups is 4. The first kappa shape index (κ1) is 34.9. The predicted molar refractivity (Wildman–Crippen MR) is 184 cm³/mol. The van der Waals surface area contributed by atoms with Gasteiger partial charge in [-0.1, -0.05) is 53.8 Å². The lowest BCUT2D eigenvalue weighted by Crippen LogP contribution is -2.49. The number of hydrogen-bond donors (Lipinski definition) is 4. The minimum atomic E-state index is -0.909. The maximum atomic E-state index is 12.9. The van der Waals surface area contributed by atoms with Crippen molar-refractivity contribution >= 4 is 29.3 Å². The van der Waals surface area contributed by atoms with Crippen molar-refractivity contribution in [3.05, 3.63) is 107 Å². The molecule has 4 aromatic rings. The van der Waals surface area contributed by atoms with Crippen molar-refractivity contribution in [3.63, 3.8) is 0 Å². The molecule has 0 spiro atoms. The summed E-state index contributed by atoms with van der Waals surface area (Å²) in [5.74, 6) is 9.87. The number of benzene rings is 3. The molecule has 254 valence electrons. The van der Waals surface area contributed by atoms with Crippen LogP contribution in [0, 0.1) is 30.6 Å². The number of likely N-dealkylation sites (N-methyl/N-ethyl adjacent to an activating group) is 1. The highest BCUT2D eigenvalue weighted by Gasteiger charge is 2.31. The topological polar surface area (TPSA) is 168 Å². The fraction of sp³-hybridized carbons (Fsp3) is 0.243. The highest BCUT2D eigenvalue weighted by molar-refractivity contribution is 6.02. The SMILES string of the molecule is Cc1ccc(C#CC(=O)NCCOCCNC(=O)C#Cc2ccc(Cc3nc(C(=O)NC4COc5ccccc5N(C)C4=O)n[nH]3)cc2)cc1. The smallest absolute Gasteiger partial charge is 0.296 e. The van der Waals surface area contributed by atoms with E-state index in [4.69, 9.17) is 9.47 Å². The number of nitrogens with one attached hydrogen (secondary N) is 4. The average molecular weight is 674 g/mol. The van der Waals surface area contributed by atoms with Gasteiger partial charge in [0.15, 0.2) is 0 Å². The number of nitrogens with zero attached hydrogens (tertiary/aromatic N) is 3. The van der Waals surface area contributed by atoms with Crippen LogP contribution in [0.5, 0.6) is 5.75 Å². The van der Waals surface area contributed by atoms with Gasteiger partial charge in [0.2, 0.25) is 5.82 Å². The second-order valence-electron chi connectivity index (χ2n) is 11.2. The number of aromatic amines is 1. The van der Waals surface area contributed by atoms with Crippen LogP contribution in [0.25, 0.3) is 0 Å². The Balaban J connectivity index is 0.986. The van der Waals surface area contributed by atoms with Crippen molar-refractivity contribution in [2.24, 2.45) is 0 Å². The van der Waals surface area contributed by atoms with Crippen molar-refractivity contribution in [2.75, 3.05) is 44.9 Å². The summed E-state index contributed by atoms with van der Waals surface area (Å²) in [5, 5.41) is 14.8. The number of anilines is 1. The van der Waals surface area contributed by atoms with Gasteiger partial charge in [-0.25, -0.2) is 4.98 Å². The van der Waals surface area contributed by atoms with Crippen LogP contribution in [0.4, 0.5) is 5.69 Å². The molecule has 1 unspecified atom stereocenters. The highest BCUT2D eigenvalue weighted by Crippen LogP contribution is 2.29. The number of amides is 4. The molecule has 0 radical (unpaired) electrons. The first-order chi connectivity index (χ1) is 24.2. The van der Waals surface area contributed by atoms with Crippen LogP contribution in [-0.2, 0) is 25.5 Å². The van der Waals surface area contributed by atoms with Crippen LogP contribution in [0.1, 0.15) is 38.7 Å². The Morgan fingerprint density at radius 3 is 2.20 bits per heavy atom. The summed E-state index contributed by atoms with van der Waals surface area (Å²) in [5.41, 5.74) is 4.02. The Kier molecular flexibility index (Phi) is 11.9. The summed E-state index contributed by atoms with van der Waals surface area (Å²) in [7, 11) is 1.63. The van der Waals surface area contributed by atoms with E-state index in [1.165, 1.54) is 4.90 Å². The van der Waals surface area contributed by atoms with Gasteiger partial charge in [-0.05, 0) is 48.9 Å². The largest absolute Gasteiger partial charge is 0.489 e. The summed E-state index contributed by atoms with van der Waals surface area (Å²) in [4.78, 5) is 55.4. The van der Waals surface area contributed by atoms with Gasteiger partial charge >= 0.3 is 0 Å². The van der Waals surface area contributed by atoms with Crippen molar-refractivity contribution in [1.29, 1.82) is 0 Å². The maximum absolute atomic E-state index is 12.9. The van der Waals surface area contributed by atoms with E-state index >= 15 is 0 Å². The molecule has 13 heteroatoms. The molecule has 1 aliphatic heterocycles. The number of aromatic nitrogens is 3. The first-order valence-corrected chi connectivity index (χ1v) is 15.8. The van der Waals surface area contributed by atoms with Gasteiger partial charge in [0.05, 0.1) is 18.9 Å². The molecule has 2 heterocycles. The van der Waals surface area contributed by atoms with Crippen LogP contribution >= 0.6 is 0 Å². The van der Waals surface area contributed by atoms with Crippen LogP contribution in [0.2, 0.25) is 0 Å². The third-order valence-corrected chi connectivity index (χ3v) is 7.38. The van der Waals surface area contributed by atoms with Gasteiger partial charge in [-0.2, -0.15) is 0 Å². The summed E-state index contributed by atoms with van der Waals surface area (Å²) < 4.78 is 11.2. The van der Waals surface area contributed by atoms with E-state index in [2.05, 4.69) is 54.8 Å². The fourth-order valence-electron chi connectivity index (χ4n) is 4.71. The number of hydrogen-bond acceptors (Lipinski definition) is 8. The quantitative estimate of drug-likeness (QED) is 0.145. The van der Waals surface area contributed by atoms with Gasteiger partial charge in [0.25, 0.3) is 23.6 Å². The van der Waals surface area contributed by atoms with E-state index < -0.39 is 17.9 Å². The second kappa shape index (κ2) is 17.1. The molecule has 0 fully saturated rings. The molecule has 3 aromatic carbocycles. The third kappa shape index (κ3) is 10.0. The zero-order valence-corrected chi connectivity index (χ0v) is 27.5. The third-order valence-electron chi connectivity index (χ3n) is 7.38. The molecule has 1 aliphatic rings. The number of rotatable bonds is 10. The van der Waals surface area contributed by atoms with Crippen molar-refractivity contribution in [1.82, 2.24) is 31.1 Å². The van der Waals surface area contributed by atoms with Gasteiger partial charge < -0.3 is 30.3 Å². The Hall–Kier alpha value is -6.44. The zero-order valence-electron chi connectivity index (χ0n) is 27.5. The van der Waals surface area contributed by atoms with Crippen molar-refractivity contribution in [3.8, 4) is 29.4 Å². The summed E-state index contributed by atoms with van der Waals surface area (Å²) in [6, 6.07) is 21.0. The molecular weight excluding hydrogens is 638 g/mol. The number of para-hydroxylation sites is 2. The van der Waals surface area contributed by atoms with E-state index in [-0.39, 0.29) is 44.0 Å². The van der Waals surface area contributed by atoms with E-state index in [0.29, 0.717) is 35.8 Å². The normalized spacial score (nSPS) is 13.3. The lowest BCUT2D eigenvalue weighted by molar-refractivity contribution is -0.120. The lowest BCUT2D eigenvalue weighted by Gasteiger charge is -2.19. The molecule has 1 atom stereocenters. The van der Waals surface area contributed by atoms with Crippen molar-refractivity contribution < 1.29 is 28.7 Å². The molecule has 50 heavy (non-hydrogen) atoms. The number of ether oxygens (including phenoxy) is 2. The van der Waals surface area contributed by atoms with Gasteiger partial charge in [0.1, 0.15) is 24.2 Å². The molecule has 13 nitrogen and oxygen atoms in total. The number of aryl methyl sites for hydroxylation is 1. The molecule has 0 saturated heterocycles. The number of carbonyl (C=O) groups excluding carboxylic acids is 4. The number of H-pyrrole nitrogens is 1. The molecular formula is C37H35N7O6. The minimum absolute atomic E-state index is 0.0243. The van der Waals surface area contributed by atoms with Gasteiger partial charge in [-0.15, -0.1) is 5.10 Å². The standard InChI is InChI=1S/C37H35N7O6/c1-25-7-9-26(10-8-25)15-17-33(45)38-19-21-49-22-20-39-34(46)18-16-27-11-13-28(14-12-27)23-32-41-35(43-42-32)36(47)40-29-24-50-31-6-4-3-5-30(31)44(2)37(29)48/h3-14,29H,19-24H2,1-2H3,(H,38,45)(H,39,46)(H,40,47)(H,41,42,43). The Morgan fingerprint density at radius 1 is 0.920 bits per heavy atom. The van der Waals surface area contributed by atoms with E-state index in [1.54, 1.807) is 37.4 Å². The molecule has 0 saturated carbocycles. The number of fused-ring (bicyclic) bond motifs is 1. The first-order valence-electron chi connectivity index (χ1n) is 15.8. The Morgan fingerprint density at radius 2 is 1.54 bits per heavy atom. The lowest BCUT2D eigenvalue weighted by atomic mass is 10.1. The van der Waals surface area contributed by atoms with Crippen LogP contribution < -0.4 is 25.6 Å². The van der Waals surface area contributed by atoms with Crippen molar-refractivity contribution in [2.45, 2.75) is 19.4 Å². The summed E-state index contributed by atoms with van der Waals surface area (Å²) in [6.07, 6.45) is 0.364. The molecule has 0 bridgehead atoms. The minimum Gasteiger partial charge on any atom is -0.489 e. The second-order valence-corrected chi connectivity index (χ2v) is 11.2. The molecule has 4 amide bonds. The van der Waals surface area contributed by atoms with E-state index in [9.17, 15) is 19.2 Å². The molecule has 4 N–H and O–H groups in total. The van der Waals surface area contributed by atoms with Crippen LogP contribution in [0.15, 0.2) is 72.8 Å². The molecule has 5 rings (SSSR count). The predicted octanol–water partition coefficient (Wildman–Crippen LogP) is 1.51. The maximum Gasteiger partial charge on any atom is 0.296 e. The zero-order chi connectivity index (χ0) is 35.3. The fourth-order valence-corrected chi connectivity index (χ4v) is 4.71. The molecule has 0 aliphatic carbocycles. The highest BCUT2D eigenvalue weighted by atomic mass is 16.5.